The number of nitrogens with zero attached hydrogens (tertiary/aromatic N) is 4. The van der Waals surface area contributed by atoms with Crippen molar-refractivity contribution in [3.8, 4) is 17.2 Å². The summed E-state index contributed by atoms with van der Waals surface area (Å²) in [6.45, 7) is 11.6. The molecule has 4 rings (SSSR count). The molecule has 2 heterocycles. The number of piperazine rings is 1. The molecule has 0 saturated carbocycles. The van der Waals surface area contributed by atoms with Crippen molar-refractivity contribution in [1.29, 1.82) is 0 Å². The number of nitrogens with one attached hydrogen (secondary N) is 1. The maximum absolute atomic E-state index is 13.2. The van der Waals surface area contributed by atoms with Gasteiger partial charge in [-0.15, -0.1) is 0 Å². The van der Waals surface area contributed by atoms with Gasteiger partial charge in [-0.25, -0.2) is 0 Å². The largest absolute Gasteiger partial charge is 0.490 e. The second-order valence-electron chi connectivity index (χ2n) is 9.36. The summed E-state index contributed by atoms with van der Waals surface area (Å²) in [7, 11) is 0. The molecule has 2 saturated heterocycles. The average molecular weight is 588 g/mol. The standard InChI is InChI=1S/C28H37N5O7S/c1-4-38-24-17-20(18-25(39-5-2)26(24)40-6-3)27(34)29-28(41)32-11-9-30(10-12-32)21-7-8-22(33(35)36)23(19-21)31-13-15-37-16-14-31/h7-8,17-19H,4-6,9-16H2,1-3H3,(H,29,34,41). The van der Waals surface area contributed by atoms with E-state index in [1.54, 1.807) is 24.3 Å². The van der Waals surface area contributed by atoms with Gasteiger partial charge in [0.15, 0.2) is 16.6 Å². The second-order valence-corrected chi connectivity index (χ2v) is 9.75. The molecule has 0 atom stereocenters. The molecule has 1 amide bonds. The summed E-state index contributed by atoms with van der Waals surface area (Å²) in [5, 5.41) is 14.8. The molecule has 0 aromatic heterocycles. The molecule has 2 aliphatic heterocycles. The maximum Gasteiger partial charge on any atom is 0.292 e. The minimum atomic E-state index is -0.368. The van der Waals surface area contributed by atoms with Crippen molar-refractivity contribution in [3.63, 3.8) is 0 Å². The smallest absolute Gasteiger partial charge is 0.292 e. The van der Waals surface area contributed by atoms with Crippen LogP contribution in [0.5, 0.6) is 17.2 Å². The Labute approximate surface area is 245 Å². The van der Waals surface area contributed by atoms with Crippen LogP contribution in [0.1, 0.15) is 31.1 Å². The Hall–Kier alpha value is -3.84. The summed E-state index contributed by atoms with van der Waals surface area (Å²) in [5.74, 6) is 0.969. The number of carbonyl (C=O) groups excluding carboxylic acids is 1. The lowest BCUT2D eigenvalue weighted by Gasteiger charge is -2.37. The van der Waals surface area contributed by atoms with Crippen molar-refractivity contribution in [2.24, 2.45) is 0 Å². The molecule has 0 radical (unpaired) electrons. The highest BCUT2D eigenvalue weighted by molar-refractivity contribution is 7.80. The van der Waals surface area contributed by atoms with Crippen LogP contribution >= 0.6 is 12.2 Å². The zero-order valence-corrected chi connectivity index (χ0v) is 24.5. The van der Waals surface area contributed by atoms with Gasteiger partial charge >= 0.3 is 0 Å². The van der Waals surface area contributed by atoms with E-state index in [0.29, 0.717) is 106 Å². The zero-order valence-electron chi connectivity index (χ0n) is 23.7. The number of benzene rings is 2. The monoisotopic (exact) mass is 587 g/mol. The molecular weight excluding hydrogens is 550 g/mol. The fraction of sp³-hybridized carbons (Fsp3) is 0.500. The molecule has 0 spiro atoms. The third kappa shape index (κ3) is 7.27. The SMILES string of the molecule is CCOc1cc(C(=O)NC(=S)N2CCN(c3ccc([N+](=O)[O-])c(N4CCOCC4)c3)CC2)cc(OCC)c1OCC. The Bertz CT molecular complexity index is 1220. The van der Waals surface area contributed by atoms with Gasteiger partial charge in [-0.1, -0.05) is 0 Å². The molecule has 222 valence electrons. The van der Waals surface area contributed by atoms with Crippen molar-refractivity contribution in [2.45, 2.75) is 20.8 Å². The number of nitro benzene ring substituents is 1. The summed E-state index contributed by atoms with van der Waals surface area (Å²) >= 11 is 5.59. The molecule has 2 fully saturated rings. The van der Waals surface area contributed by atoms with Crippen LogP contribution < -0.4 is 29.3 Å². The number of thiocarbonyl (C=S) groups is 1. The van der Waals surface area contributed by atoms with E-state index in [9.17, 15) is 14.9 Å². The van der Waals surface area contributed by atoms with E-state index in [4.69, 9.17) is 31.2 Å². The molecule has 1 N–H and O–H groups in total. The topological polar surface area (TPSA) is 119 Å². The number of hydrogen-bond acceptors (Lipinski definition) is 10. The molecule has 12 nitrogen and oxygen atoms in total. The fourth-order valence-electron chi connectivity index (χ4n) is 4.86. The van der Waals surface area contributed by atoms with Crippen LogP contribution in [0.2, 0.25) is 0 Å². The van der Waals surface area contributed by atoms with E-state index in [1.807, 2.05) is 36.6 Å². The number of carbonyl (C=O) groups is 1. The molecular formula is C28H37N5O7S. The third-order valence-electron chi connectivity index (χ3n) is 6.83. The molecule has 41 heavy (non-hydrogen) atoms. The number of ether oxygens (including phenoxy) is 4. The number of anilines is 2. The van der Waals surface area contributed by atoms with E-state index in [1.165, 1.54) is 0 Å². The van der Waals surface area contributed by atoms with Gasteiger partial charge in [0.05, 0.1) is 38.0 Å². The number of hydrogen-bond donors (Lipinski definition) is 1. The lowest BCUT2D eigenvalue weighted by Crippen LogP contribution is -2.52. The van der Waals surface area contributed by atoms with Crippen LogP contribution in [-0.2, 0) is 4.74 Å². The first-order valence-electron chi connectivity index (χ1n) is 13.9. The van der Waals surface area contributed by atoms with Crippen molar-refractivity contribution in [1.82, 2.24) is 10.2 Å². The minimum Gasteiger partial charge on any atom is -0.490 e. The molecule has 0 unspecified atom stereocenters. The Morgan fingerprint density at radius 1 is 0.927 bits per heavy atom. The maximum atomic E-state index is 13.2. The van der Waals surface area contributed by atoms with Crippen LogP contribution in [0.4, 0.5) is 17.1 Å². The van der Waals surface area contributed by atoms with Gasteiger partial charge in [0.25, 0.3) is 11.6 Å². The normalized spacial score (nSPS) is 15.3. The van der Waals surface area contributed by atoms with Crippen LogP contribution in [0.15, 0.2) is 30.3 Å². The lowest BCUT2D eigenvalue weighted by molar-refractivity contribution is -0.384. The first-order chi connectivity index (χ1) is 19.9. The van der Waals surface area contributed by atoms with E-state index in [-0.39, 0.29) is 16.5 Å². The van der Waals surface area contributed by atoms with Crippen molar-refractivity contribution in [3.05, 3.63) is 46.0 Å². The van der Waals surface area contributed by atoms with Crippen LogP contribution in [-0.4, -0.2) is 93.1 Å². The quantitative estimate of drug-likeness (QED) is 0.250. The predicted octanol–water partition coefficient (Wildman–Crippen LogP) is 3.46. The molecule has 13 heteroatoms. The first kappa shape index (κ1) is 30.1. The molecule has 0 aliphatic carbocycles. The Morgan fingerprint density at radius 3 is 2.10 bits per heavy atom. The Balaban J connectivity index is 1.42. The number of morpholine rings is 1. The van der Waals surface area contributed by atoms with Gasteiger partial charge in [0, 0.05) is 56.6 Å². The van der Waals surface area contributed by atoms with Gasteiger partial charge < -0.3 is 33.6 Å². The highest BCUT2D eigenvalue weighted by Gasteiger charge is 2.26. The van der Waals surface area contributed by atoms with E-state index < -0.39 is 0 Å². The van der Waals surface area contributed by atoms with Gasteiger partial charge in [-0.3, -0.25) is 20.2 Å². The summed E-state index contributed by atoms with van der Waals surface area (Å²) in [5.41, 5.74) is 1.96. The minimum absolute atomic E-state index is 0.0902. The van der Waals surface area contributed by atoms with Crippen molar-refractivity contribution >= 4 is 40.3 Å². The third-order valence-corrected chi connectivity index (χ3v) is 7.19. The average Bonchev–Trinajstić information content (AvgIpc) is 2.99. The van der Waals surface area contributed by atoms with Crippen LogP contribution in [0, 0.1) is 10.1 Å². The number of nitro groups is 1. The zero-order chi connectivity index (χ0) is 29.4. The van der Waals surface area contributed by atoms with Gasteiger partial charge in [0.1, 0.15) is 5.69 Å². The molecule has 2 aromatic rings. The number of amides is 1. The van der Waals surface area contributed by atoms with E-state index in [0.717, 1.165) is 5.69 Å². The van der Waals surface area contributed by atoms with Gasteiger partial charge in [-0.2, -0.15) is 0 Å². The summed E-state index contributed by atoms with van der Waals surface area (Å²) < 4.78 is 22.6. The van der Waals surface area contributed by atoms with Crippen LogP contribution in [0.25, 0.3) is 0 Å². The highest BCUT2D eigenvalue weighted by atomic mass is 32.1. The number of rotatable bonds is 10. The second kappa shape index (κ2) is 14.2. The fourth-order valence-corrected chi connectivity index (χ4v) is 5.13. The Kier molecular flexibility index (Phi) is 10.4. The lowest BCUT2D eigenvalue weighted by atomic mass is 10.1. The van der Waals surface area contributed by atoms with Crippen molar-refractivity contribution < 1.29 is 28.7 Å². The Morgan fingerprint density at radius 2 is 1.54 bits per heavy atom. The summed E-state index contributed by atoms with van der Waals surface area (Å²) in [4.78, 5) is 30.6. The summed E-state index contributed by atoms with van der Waals surface area (Å²) in [6.07, 6.45) is 0. The first-order valence-corrected chi connectivity index (χ1v) is 14.3. The van der Waals surface area contributed by atoms with Gasteiger partial charge in [0.2, 0.25) is 5.75 Å². The molecule has 2 aromatic carbocycles. The summed E-state index contributed by atoms with van der Waals surface area (Å²) in [6, 6.07) is 8.51. The van der Waals surface area contributed by atoms with E-state index >= 15 is 0 Å². The van der Waals surface area contributed by atoms with Crippen LogP contribution in [0.3, 0.4) is 0 Å². The van der Waals surface area contributed by atoms with E-state index in [2.05, 4.69) is 10.2 Å². The van der Waals surface area contributed by atoms with Gasteiger partial charge in [-0.05, 0) is 57.3 Å². The highest BCUT2D eigenvalue weighted by Crippen LogP contribution is 2.39. The van der Waals surface area contributed by atoms with Crippen molar-refractivity contribution in [2.75, 3.05) is 82.1 Å². The molecule has 2 aliphatic rings. The molecule has 0 bridgehead atoms. The predicted molar refractivity (Wildman–Crippen MR) is 160 cm³/mol.